The molecule has 0 aromatic rings. The van der Waals surface area contributed by atoms with Crippen LogP contribution in [-0.2, 0) is 18.4 Å². The largest absolute Gasteiger partial charge is 0.343 e. The minimum absolute atomic E-state index is 0.0586. The molecule has 0 N–H and O–H groups in total. The molecule has 0 radical (unpaired) electrons. The standard InChI is InChI=1S/C14H28NO4P/c1-5-9-10-15-11-12(6-2)13(14(15)16)20(17,18-7-3)19-8-4/h12-13H,5-11H2,1-4H3. The summed E-state index contributed by atoms with van der Waals surface area (Å²) in [7, 11) is -3.36. The molecule has 20 heavy (non-hydrogen) atoms. The van der Waals surface area contributed by atoms with Crippen LogP contribution in [0.2, 0.25) is 0 Å². The zero-order valence-corrected chi connectivity index (χ0v) is 14.0. The molecule has 0 aromatic heterocycles. The van der Waals surface area contributed by atoms with Crippen LogP contribution >= 0.6 is 7.60 Å². The minimum atomic E-state index is -3.36. The van der Waals surface area contributed by atoms with Crippen LogP contribution in [0.5, 0.6) is 0 Å². The lowest BCUT2D eigenvalue weighted by atomic mass is 10.1. The number of hydrogen-bond acceptors (Lipinski definition) is 4. The Hall–Kier alpha value is -0.380. The summed E-state index contributed by atoms with van der Waals surface area (Å²) in [4.78, 5) is 14.4. The van der Waals surface area contributed by atoms with Crippen molar-refractivity contribution in [1.82, 2.24) is 4.90 Å². The van der Waals surface area contributed by atoms with Crippen LogP contribution in [0.1, 0.15) is 47.0 Å². The maximum absolute atomic E-state index is 12.9. The Morgan fingerprint density at radius 2 is 1.80 bits per heavy atom. The number of amides is 1. The molecule has 0 aliphatic carbocycles. The van der Waals surface area contributed by atoms with E-state index in [1.807, 2.05) is 11.8 Å². The van der Waals surface area contributed by atoms with Crippen molar-refractivity contribution in [1.29, 1.82) is 0 Å². The van der Waals surface area contributed by atoms with Crippen molar-refractivity contribution in [3.05, 3.63) is 0 Å². The third kappa shape index (κ3) is 3.84. The van der Waals surface area contributed by atoms with Gasteiger partial charge >= 0.3 is 7.60 Å². The van der Waals surface area contributed by atoms with Crippen LogP contribution < -0.4 is 0 Å². The molecule has 1 aliphatic rings. The van der Waals surface area contributed by atoms with E-state index >= 15 is 0 Å². The third-order valence-corrected chi connectivity index (χ3v) is 6.29. The smallest absolute Gasteiger partial charge is 0.342 e. The Morgan fingerprint density at radius 1 is 1.20 bits per heavy atom. The van der Waals surface area contributed by atoms with E-state index < -0.39 is 13.3 Å². The summed E-state index contributed by atoms with van der Waals surface area (Å²) in [6.45, 7) is 9.68. The summed E-state index contributed by atoms with van der Waals surface area (Å²) in [5.41, 5.74) is -0.621. The lowest BCUT2D eigenvalue weighted by Crippen LogP contribution is -2.31. The van der Waals surface area contributed by atoms with E-state index in [0.717, 1.165) is 25.8 Å². The molecular formula is C14H28NO4P. The Morgan fingerprint density at radius 3 is 2.25 bits per heavy atom. The summed E-state index contributed by atoms with van der Waals surface area (Å²) in [5, 5.41) is 0. The molecule has 0 aromatic carbocycles. The lowest BCUT2D eigenvalue weighted by Gasteiger charge is -2.25. The second kappa shape index (κ2) is 8.16. The van der Waals surface area contributed by atoms with Crippen LogP contribution in [0.25, 0.3) is 0 Å². The molecule has 2 atom stereocenters. The van der Waals surface area contributed by atoms with Crippen molar-refractivity contribution < 1.29 is 18.4 Å². The molecule has 1 rings (SSSR count). The maximum Gasteiger partial charge on any atom is 0.343 e. The van der Waals surface area contributed by atoms with Gasteiger partial charge in [0.1, 0.15) is 5.66 Å². The molecule has 0 saturated carbocycles. The molecule has 1 aliphatic heterocycles. The van der Waals surface area contributed by atoms with Gasteiger partial charge in [0.25, 0.3) is 0 Å². The van der Waals surface area contributed by atoms with Crippen LogP contribution in [0.15, 0.2) is 0 Å². The van der Waals surface area contributed by atoms with Crippen molar-refractivity contribution in [2.45, 2.75) is 52.6 Å². The maximum atomic E-state index is 12.9. The highest BCUT2D eigenvalue weighted by atomic mass is 31.2. The van der Waals surface area contributed by atoms with Gasteiger partial charge in [-0.3, -0.25) is 9.36 Å². The van der Waals surface area contributed by atoms with Crippen molar-refractivity contribution in [2.75, 3.05) is 26.3 Å². The molecule has 2 unspecified atom stereocenters. The molecule has 0 spiro atoms. The Labute approximate surface area is 122 Å². The first-order valence-corrected chi connectivity index (χ1v) is 9.32. The highest BCUT2D eigenvalue weighted by molar-refractivity contribution is 7.55. The minimum Gasteiger partial charge on any atom is -0.342 e. The predicted octanol–water partition coefficient (Wildman–Crippen LogP) is 3.29. The molecule has 6 heteroatoms. The van der Waals surface area contributed by atoms with Gasteiger partial charge in [0.15, 0.2) is 0 Å². The normalized spacial score (nSPS) is 23.6. The van der Waals surface area contributed by atoms with Crippen LogP contribution in [0, 0.1) is 5.92 Å². The summed E-state index contributed by atoms with van der Waals surface area (Å²) >= 11 is 0. The van der Waals surface area contributed by atoms with Gasteiger partial charge in [0.2, 0.25) is 5.91 Å². The SMILES string of the molecule is CCCCN1CC(CC)C(P(=O)(OCC)OCC)C1=O. The number of nitrogens with zero attached hydrogens (tertiary/aromatic N) is 1. The highest BCUT2D eigenvalue weighted by Crippen LogP contribution is 2.58. The molecule has 1 fully saturated rings. The van der Waals surface area contributed by atoms with E-state index in [-0.39, 0.29) is 11.8 Å². The average Bonchev–Trinajstić information content (AvgIpc) is 2.74. The van der Waals surface area contributed by atoms with Crippen LogP contribution in [0.4, 0.5) is 0 Å². The number of carbonyl (C=O) groups is 1. The first-order chi connectivity index (χ1) is 9.53. The zero-order valence-electron chi connectivity index (χ0n) is 13.1. The monoisotopic (exact) mass is 305 g/mol. The number of carbonyl (C=O) groups excluding carboxylic acids is 1. The topological polar surface area (TPSA) is 55.8 Å². The van der Waals surface area contributed by atoms with E-state index in [1.54, 1.807) is 13.8 Å². The van der Waals surface area contributed by atoms with Gasteiger partial charge < -0.3 is 13.9 Å². The van der Waals surface area contributed by atoms with E-state index in [2.05, 4.69) is 6.92 Å². The first kappa shape index (κ1) is 17.7. The highest BCUT2D eigenvalue weighted by Gasteiger charge is 2.51. The van der Waals surface area contributed by atoms with Gasteiger partial charge in [-0.2, -0.15) is 0 Å². The summed E-state index contributed by atoms with van der Waals surface area (Å²) < 4.78 is 23.7. The van der Waals surface area contributed by atoms with Crippen molar-refractivity contribution in [3.63, 3.8) is 0 Å². The molecule has 118 valence electrons. The van der Waals surface area contributed by atoms with Crippen LogP contribution in [0.3, 0.4) is 0 Å². The van der Waals surface area contributed by atoms with E-state index in [9.17, 15) is 9.36 Å². The number of unbranched alkanes of at least 4 members (excludes halogenated alkanes) is 1. The Balaban J connectivity index is 2.93. The average molecular weight is 305 g/mol. The van der Waals surface area contributed by atoms with Crippen molar-refractivity contribution in [3.8, 4) is 0 Å². The Kier molecular flexibility index (Phi) is 7.21. The van der Waals surface area contributed by atoms with E-state index in [4.69, 9.17) is 9.05 Å². The van der Waals surface area contributed by atoms with E-state index in [0.29, 0.717) is 19.8 Å². The lowest BCUT2D eigenvalue weighted by molar-refractivity contribution is -0.127. The fourth-order valence-corrected chi connectivity index (χ4v) is 5.09. The van der Waals surface area contributed by atoms with Gasteiger partial charge in [-0.15, -0.1) is 0 Å². The van der Waals surface area contributed by atoms with Crippen molar-refractivity contribution in [2.24, 2.45) is 5.92 Å². The van der Waals surface area contributed by atoms with Gasteiger partial charge in [0, 0.05) is 13.1 Å². The Bertz CT molecular complexity index is 351. The fraction of sp³-hybridized carbons (Fsp3) is 0.929. The molecule has 1 saturated heterocycles. The molecule has 0 bridgehead atoms. The van der Waals surface area contributed by atoms with E-state index in [1.165, 1.54) is 0 Å². The first-order valence-electron chi connectivity index (χ1n) is 7.71. The van der Waals surface area contributed by atoms with Gasteiger partial charge in [-0.05, 0) is 26.2 Å². The summed E-state index contributed by atoms with van der Waals surface area (Å²) in [6, 6.07) is 0. The summed E-state index contributed by atoms with van der Waals surface area (Å²) in [5.74, 6) is -0.00109. The number of likely N-dealkylation sites (tertiary alicyclic amines) is 1. The number of hydrogen-bond donors (Lipinski definition) is 0. The van der Waals surface area contributed by atoms with Crippen molar-refractivity contribution >= 4 is 13.5 Å². The predicted molar refractivity (Wildman–Crippen MR) is 79.9 cm³/mol. The van der Waals surface area contributed by atoms with Gasteiger partial charge in [-0.1, -0.05) is 26.7 Å². The van der Waals surface area contributed by atoms with Gasteiger partial charge in [0.05, 0.1) is 13.2 Å². The number of rotatable bonds is 9. The summed E-state index contributed by atoms with van der Waals surface area (Å²) in [6.07, 6.45) is 2.82. The molecular weight excluding hydrogens is 277 g/mol. The second-order valence-electron chi connectivity index (χ2n) is 5.13. The zero-order chi connectivity index (χ0) is 15.2. The molecule has 1 heterocycles. The fourth-order valence-electron chi connectivity index (χ4n) is 2.72. The second-order valence-corrected chi connectivity index (χ2v) is 7.28. The third-order valence-electron chi connectivity index (χ3n) is 3.73. The molecule has 5 nitrogen and oxygen atoms in total. The van der Waals surface area contributed by atoms with Gasteiger partial charge in [-0.25, -0.2) is 0 Å². The molecule has 1 amide bonds. The van der Waals surface area contributed by atoms with Crippen LogP contribution in [-0.4, -0.2) is 42.8 Å². The quantitative estimate of drug-likeness (QED) is 0.613.